The van der Waals surface area contributed by atoms with E-state index in [0.717, 1.165) is 24.5 Å². The van der Waals surface area contributed by atoms with E-state index >= 15 is 0 Å². The molecule has 8 heteroatoms. The van der Waals surface area contributed by atoms with Crippen molar-refractivity contribution >= 4 is 23.3 Å². The number of hydrogen-bond acceptors (Lipinski definition) is 6. The number of pyridine rings is 1. The third-order valence-corrected chi connectivity index (χ3v) is 5.07. The molecule has 0 unspecified atom stereocenters. The Kier molecular flexibility index (Phi) is 5.53. The summed E-state index contributed by atoms with van der Waals surface area (Å²) in [7, 11) is 0. The largest absolute Gasteiger partial charge is 0.353 e. The molecule has 1 aliphatic rings. The molecule has 0 radical (unpaired) electrons. The molecule has 3 aromatic rings. The number of anilines is 1. The van der Waals surface area contributed by atoms with E-state index in [1.807, 2.05) is 41.3 Å². The SMILES string of the molecule is O=C(CCc1nc(-c2ccccc2Cl)no1)N1CCN(c2ccccn2)CC1. The molecule has 0 aliphatic carbocycles. The van der Waals surface area contributed by atoms with Crippen molar-refractivity contribution in [3.63, 3.8) is 0 Å². The number of aryl methyl sites for hydroxylation is 1. The third kappa shape index (κ3) is 4.14. The Morgan fingerprint density at radius 1 is 1.07 bits per heavy atom. The molecule has 1 saturated heterocycles. The predicted octanol–water partition coefficient (Wildman–Crippen LogP) is 3.07. The van der Waals surface area contributed by atoms with Crippen LogP contribution in [0.1, 0.15) is 12.3 Å². The number of amides is 1. The molecule has 0 bridgehead atoms. The van der Waals surface area contributed by atoms with E-state index in [1.165, 1.54) is 0 Å². The summed E-state index contributed by atoms with van der Waals surface area (Å²) < 4.78 is 5.28. The zero-order valence-corrected chi connectivity index (χ0v) is 16.0. The summed E-state index contributed by atoms with van der Waals surface area (Å²) in [5.41, 5.74) is 0.719. The van der Waals surface area contributed by atoms with Gasteiger partial charge in [0.15, 0.2) is 0 Å². The molecular weight excluding hydrogens is 378 g/mol. The van der Waals surface area contributed by atoms with Gasteiger partial charge in [0.2, 0.25) is 17.6 Å². The van der Waals surface area contributed by atoms with Gasteiger partial charge in [0, 0.05) is 50.8 Å². The van der Waals surface area contributed by atoms with Gasteiger partial charge in [-0.2, -0.15) is 4.98 Å². The smallest absolute Gasteiger partial charge is 0.227 e. The van der Waals surface area contributed by atoms with Crippen LogP contribution in [-0.4, -0.2) is 52.1 Å². The first-order valence-corrected chi connectivity index (χ1v) is 9.60. The Morgan fingerprint density at radius 3 is 2.61 bits per heavy atom. The van der Waals surface area contributed by atoms with E-state index in [-0.39, 0.29) is 5.91 Å². The first kappa shape index (κ1) is 18.4. The summed E-state index contributed by atoms with van der Waals surface area (Å²) in [5.74, 6) is 1.93. The van der Waals surface area contributed by atoms with E-state index in [4.69, 9.17) is 16.1 Å². The molecule has 1 aliphatic heterocycles. The van der Waals surface area contributed by atoms with Crippen LogP contribution in [0.15, 0.2) is 53.2 Å². The highest BCUT2D eigenvalue weighted by Crippen LogP contribution is 2.25. The van der Waals surface area contributed by atoms with Crippen LogP contribution in [0.4, 0.5) is 5.82 Å². The molecule has 0 saturated carbocycles. The Balaban J connectivity index is 1.29. The number of hydrogen-bond donors (Lipinski definition) is 0. The molecule has 0 N–H and O–H groups in total. The number of nitrogens with zero attached hydrogens (tertiary/aromatic N) is 5. The van der Waals surface area contributed by atoms with Crippen molar-refractivity contribution in [1.29, 1.82) is 0 Å². The van der Waals surface area contributed by atoms with Gasteiger partial charge in [-0.15, -0.1) is 0 Å². The average Bonchev–Trinajstić information content (AvgIpc) is 3.22. The monoisotopic (exact) mass is 397 g/mol. The molecule has 144 valence electrons. The first-order valence-electron chi connectivity index (χ1n) is 9.22. The second kappa shape index (κ2) is 8.39. The van der Waals surface area contributed by atoms with Crippen molar-refractivity contribution in [3.05, 3.63) is 59.6 Å². The highest BCUT2D eigenvalue weighted by Gasteiger charge is 2.22. The summed E-state index contributed by atoms with van der Waals surface area (Å²) >= 11 is 6.16. The van der Waals surface area contributed by atoms with Crippen LogP contribution in [0.25, 0.3) is 11.4 Å². The molecule has 1 aromatic carbocycles. The number of carbonyl (C=O) groups excluding carboxylic acids is 1. The summed E-state index contributed by atoms with van der Waals surface area (Å²) in [6.45, 7) is 2.92. The number of benzene rings is 1. The lowest BCUT2D eigenvalue weighted by Crippen LogP contribution is -2.49. The number of rotatable bonds is 5. The van der Waals surface area contributed by atoms with E-state index in [2.05, 4.69) is 20.0 Å². The molecule has 0 atom stereocenters. The highest BCUT2D eigenvalue weighted by atomic mass is 35.5. The minimum absolute atomic E-state index is 0.0955. The van der Waals surface area contributed by atoms with E-state index in [1.54, 1.807) is 12.3 Å². The Bertz CT molecular complexity index is 939. The zero-order chi connectivity index (χ0) is 19.3. The quantitative estimate of drug-likeness (QED) is 0.658. The minimum atomic E-state index is 0.0955. The van der Waals surface area contributed by atoms with E-state index in [0.29, 0.717) is 42.7 Å². The summed E-state index contributed by atoms with van der Waals surface area (Å²) in [6.07, 6.45) is 2.54. The van der Waals surface area contributed by atoms with Crippen LogP contribution >= 0.6 is 11.6 Å². The molecule has 4 rings (SSSR count). The summed E-state index contributed by atoms with van der Waals surface area (Å²) in [5, 5.41) is 4.54. The second-order valence-electron chi connectivity index (χ2n) is 6.55. The van der Waals surface area contributed by atoms with Crippen LogP contribution in [0.2, 0.25) is 5.02 Å². The lowest BCUT2D eigenvalue weighted by atomic mass is 10.2. The van der Waals surface area contributed by atoms with Crippen molar-refractivity contribution in [2.75, 3.05) is 31.1 Å². The average molecular weight is 398 g/mol. The van der Waals surface area contributed by atoms with E-state index in [9.17, 15) is 4.79 Å². The van der Waals surface area contributed by atoms with Gasteiger partial charge < -0.3 is 14.3 Å². The van der Waals surface area contributed by atoms with Crippen molar-refractivity contribution in [1.82, 2.24) is 20.0 Å². The fourth-order valence-corrected chi connectivity index (χ4v) is 3.43. The van der Waals surface area contributed by atoms with Crippen molar-refractivity contribution < 1.29 is 9.32 Å². The van der Waals surface area contributed by atoms with Gasteiger partial charge >= 0.3 is 0 Å². The van der Waals surface area contributed by atoms with Crippen molar-refractivity contribution in [2.45, 2.75) is 12.8 Å². The minimum Gasteiger partial charge on any atom is -0.353 e. The maximum Gasteiger partial charge on any atom is 0.227 e. The molecule has 1 amide bonds. The normalized spacial score (nSPS) is 14.3. The molecule has 28 heavy (non-hydrogen) atoms. The molecule has 3 heterocycles. The fourth-order valence-electron chi connectivity index (χ4n) is 3.21. The highest BCUT2D eigenvalue weighted by molar-refractivity contribution is 6.33. The topological polar surface area (TPSA) is 75.4 Å². The van der Waals surface area contributed by atoms with Gasteiger partial charge in [-0.25, -0.2) is 4.98 Å². The van der Waals surface area contributed by atoms with Gasteiger partial charge in [-0.3, -0.25) is 4.79 Å². The second-order valence-corrected chi connectivity index (χ2v) is 6.95. The Labute approximate surface area is 167 Å². The first-order chi connectivity index (χ1) is 13.7. The van der Waals surface area contributed by atoms with Crippen LogP contribution < -0.4 is 4.90 Å². The Hall–Kier alpha value is -2.93. The van der Waals surface area contributed by atoms with Gasteiger partial charge in [0.1, 0.15) is 5.82 Å². The molecular formula is C20H20ClN5O2. The lowest BCUT2D eigenvalue weighted by molar-refractivity contribution is -0.131. The zero-order valence-electron chi connectivity index (χ0n) is 15.3. The van der Waals surface area contributed by atoms with Crippen LogP contribution in [0.3, 0.4) is 0 Å². The van der Waals surface area contributed by atoms with Gasteiger partial charge in [0.05, 0.1) is 5.02 Å². The van der Waals surface area contributed by atoms with Crippen molar-refractivity contribution in [2.24, 2.45) is 0 Å². The summed E-state index contributed by atoms with van der Waals surface area (Å²) in [6, 6.07) is 13.2. The van der Waals surface area contributed by atoms with Crippen LogP contribution in [0.5, 0.6) is 0 Å². The van der Waals surface area contributed by atoms with Crippen LogP contribution in [-0.2, 0) is 11.2 Å². The van der Waals surface area contributed by atoms with Crippen LogP contribution in [0, 0.1) is 0 Å². The third-order valence-electron chi connectivity index (χ3n) is 4.74. The Morgan fingerprint density at radius 2 is 1.86 bits per heavy atom. The summed E-state index contributed by atoms with van der Waals surface area (Å²) in [4.78, 5) is 25.3. The van der Waals surface area contributed by atoms with Gasteiger partial charge in [-0.05, 0) is 24.3 Å². The number of carbonyl (C=O) groups is 1. The van der Waals surface area contributed by atoms with Gasteiger partial charge in [0.25, 0.3) is 0 Å². The molecule has 0 spiro atoms. The maximum absolute atomic E-state index is 12.5. The van der Waals surface area contributed by atoms with Crippen molar-refractivity contribution in [3.8, 4) is 11.4 Å². The number of piperazine rings is 1. The van der Waals surface area contributed by atoms with Gasteiger partial charge in [-0.1, -0.05) is 35.0 Å². The standard InChI is InChI=1S/C20H20ClN5O2/c21-16-6-2-1-5-15(16)20-23-18(28-24-20)8-9-19(27)26-13-11-25(12-14-26)17-7-3-4-10-22-17/h1-7,10H,8-9,11-14H2. The fraction of sp³-hybridized carbons (Fsp3) is 0.300. The molecule has 1 fully saturated rings. The lowest BCUT2D eigenvalue weighted by Gasteiger charge is -2.35. The molecule has 7 nitrogen and oxygen atoms in total. The number of halogens is 1. The van der Waals surface area contributed by atoms with E-state index < -0.39 is 0 Å². The predicted molar refractivity (Wildman–Crippen MR) is 106 cm³/mol. The maximum atomic E-state index is 12.5. The molecule has 2 aromatic heterocycles. The number of aromatic nitrogens is 3.